The Bertz CT molecular complexity index is 4840. The number of fused-ring (bicyclic) bond motifs is 3. The number of pyridine rings is 3. The number of nitrogens with zero attached hydrogens (tertiary/aromatic N) is 3. The predicted octanol–water partition coefficient (Wildman–Crippen LogP) is 19.7. The van der Waals surface area contributed by atoms with E-state index in [1.807, 2.05) is 93.6 Å². The molecule has 8 heteroatoms. The van der Waals surface area contributed by atoms with Crippen molar-refractivity contribution in [3.63, 3.8) is 0 Å². The van der Waals surface area contributed by atoms with Crippen molar-refractivity contribution in [3.8, 4) is 67.2 Å². The van der Waals surface area contributed by atoms with Gasteiger partial charge in [-0.2, -0.15) is 0 Å². The van der Waals surface area contributed by atoms with Crippen molar-refractivity contribution in [2.45, 2.75) is 122 Å². The molecule has 0 bridgehead atoms. The van der Waals surface area contributed by atoms with Gasteiger partial charge in [0.2, 0.25) is 17.1 Å². The summed E-state index contributed by atoms with van der Waals surface area (Å²) in [6.45, 7) is 23.3. The van der Waals surface area contributed by atoms with Gasteiger partial charge in [-0.3, -0.25) is 0 Å². The Labute approximate surface area is 554 Å². The Kier molecular flexibility index (Phi) is 17.2. The highest BCUT2D eigenvalue weighted by molar-refractivity contribution is 6.92. The van der Waals surface area contributed by atoms with Gasteiger partial charge in [0.05, 0.1) is 51.5 Å². The van der Waals surface area contributed by atoms with Gasteiger partial charge in [-0.1, -0.05) is 233 Å². The summed E-state index contributed by atoms with van der Waals surface area (Å²) in [5.74, 6) is -0.297. The molecule has 3 aliphatic carbocycles. The highest BCUT2D eigenvalue weighted by atomic mass is 28.3. The fraction of sp³-hybridized carbons (Fsp3) is 0.259. The van der Waals surface area contributed by atoms with Crippen LogP contribution in [-0.4, -0.2) is 24.2 Å². The van der Waals surface area contributed by atoms with Crippen molar-refractivity contribution in [2.24, 2.45) is 21.1 Å². The number of benzene rings is 9. The monoisotopic (exact) mass is 1270 g/mol. The minimum Gasteiger partial charge on any atom is -0.206 e. The molecule has 3 nitrogen and oxygen atoms in total. The normalized spacial score (nSPS) is 14.2. The van der Waals surface area contributed by atoms with Gasteiger partial charge in [0.15, 0.2) is 18.6 Å². The number of halogens is 2. The number of hydrogen-bond donors (Lipinski definition) is 0. The molecule has 3 aliphatic rings. The van der Waals surface area contributed by atoms with Crippen molar-refractivity contribution in [1.82, 2.24) is 0 Å². The second kappa shape index (κ2) is 25.2. The molecule has 0 aliphatic heterocycles. The molecule has 3 fully saturated rings. The quantitative estimate of drug-likeness (QED) is 0.0853. The van der Waals surface area contributed by atoms with E-state index in [1.54, 1.807) is 21.6 Å². The summed E-state index contributed by atoms with van der Waals surface area (Å²) >= 11 is 0. The molecule has 3 aromatic heterocycles. The maximum absolute atomic E-state index is 15.3. The van der Waals surface area contributed by atoms with Gasteiger partial charge in [-0.05, 0) is 147 Å². The Morgan fingerprint density at radius 2 is 0.688 bits per heavy atom. The zero-order valence-electron chi connectivity index (χ0n) is 56.9. The minimum absolute atomic E-state index is 0.125. The van der Waals surface area contributed by atoms with Crippen LogP contribution in [0.25, 0.3) is 99.5 Å². The summed E-state index contributed by atoms with van der Waals surface area (Å²) in [7, 11) is 2.19. The molecule has 468 valence electrons. The molecular formula is C85H90F2N3Si3+3. The van der Waals surface area contributed by atoms with Gasteiger partial charge in [0.25, 0.3) is 0 Å². The summed E-state index contributed by atoms with van der Waals surface area (Å²) in [5.41, 5.74) is 19.6. The second-order valence-electron chi connectivity index (χ2n) is 29.0. The van der Waals surface area contributed by atoms with E-state index in [0.717, 1.165) is 67.0 Å². The maximum Gasteiger partial charge on any atom is 0.220 e. The Morgan fingerprint density at radius 1 is 0.323 bits per heavy atom. The van der Waals surface area contributed by atoms with E-state index in [-0.39, 0.29) is 11.6 Å². The minimum atomic E-state index is -1.41. The second-order valence-corrected chi connectivity index (χ2v) is 43.5. The lowest BCUT2D eigenvalue weighted by atomic mass is 9.91. The van der Waals surface area contributed by atoms with Gasteiger partial charge < -0.3 is 0 Å². The SMILES string of the molecule is Cc1c(-c2c3ccc([Si](C)(C)C4CC4)cc3cc[n+]2C)cc(-c2ccccc2)c(F)c1C.Cc1cc(-c2ccccc2)ccc1-c1c2ccc([Si](C)(C)C3CC3)cc2cc[n+]1C.Cc1cc(F)c(-c2ccccc2)cc1-c1c2ccc([Si](C)(C)C3CC3)cc2cc[n+]1C. The van der Waals surface area contributed by atoms with Crippen molar-refractivity contribution in [3.05, 3.63) is 253 Å². The predicted molar refractivity (Wildman–Crippen MR) is 397 cm³/mol. The summed E-state index contributed by atoms with van der Waals surface area (Å²) in [5, 5.41) is 12.4. The zero-order chi connectivity index (χ0) is 65.3. The maximum atomic E-state index is 15.3. The zero-order valence-corrected chi connectivity index (χ0v) is 59.9. The number of rotatable bonds is 12. The smallest absolute Gasteiger partial charge is 0.206 e. The molecular weight excluding hydrogens is 1190 g/mol. The molecule has 0 amide bonds. The molecule has 0 spiro atoms. The summed E-state index contributed by atoms with van der Waals surface area (Å²) < 4.78 is 36.9. The molecule has 12 aromatic rings. The van der Waals surface area contributed by atoms with Crippen LogP contribution >= 0.6 is 0 Å². The molecule has 0 unspecified atom stereocenters. The van der Waals surface area contributed by atoms with Gasteiger partial charge in [0.1, 0.15) is 32.8 Å². The van der Waals surface area contributed by atoms with Crippen LogP contribution in [-0.2, 0) is 21.1 Å². The van der Waals surface area contributed by atoms with Crippen LogP contribution < -0.4 is 29.3 Å². The van der Waals surface area contributed by atoms with Gasteiger partial charge in [-0.15, -0.1) is 0 Å². The fourth-order valence-electron chi connectivity index (χ4n) is 14.9. The first-order chi connectivity index (χ1) is 44.6. The van der Waals surface area contributed by atoms with Crippen molar-refractivity contribution in [1.29, 1.82) is 0 Å². The highest BCUT2D eigenvalue weighted by Crippen LogP contribution is 2.48. The highest BCUT2D eigenvalue weighted by Gasteiger charge is 2.43. The molecule has 3 heterocycles. The molecule has 0 atom stereocenters. The Hall–Kier alpha value is -8.28. The standard InChI is InChI=1S/C29H31FNSi.C28H29FNSi.C28H30NSi/c1-19-20(2)28(30)27(21-9-7-6-8-10-21)18-26(19)29-25-14-13-24(32(4,5)23-11-12-23)17-22(25)15-16-31(29)3;1-19-16-27(29)26(20-8-6-5-7-9-20)18-25(19)28-24-13-12-23(31(3,4)22-10-11-22)17-21(24)14-15-30(28)2;1-20-18-22(21-8-6-5-7-9-21)10-14-26(20)28-27-15-13-25(30(3,4)24-11-12-24)19-23(27)16-17-29(28)2/h6-10,13-18,23H,11-12H2,1-5H3;5-9,12-18,22H,10-11H2,1-4H3;5-10,13-19,24H,11-12H2,1-4H3/q3*+1. The van der Waals surface area contributed by atoms with Crippen LogP contribution in [0.4, 0.5) is 8.78 Å². The first kappa shape index (κ1) is 63.5. The van der Waals surface area contributed by atoms with E-state index in [4.69, 9.17) is 0 Å². The molecule has 0 N–H and O–H groups in total. The molecule has 93 heavy (non-hydrogen) atoms. The van der Waals surface area contributed by atoms with E-state index in [9.17, 15) is 4.39 Å². The van der Waals surface area contributed by atoms with Crippen LogP contribution in [0.15, 0.2) is 219 Å². The van der Waals surface area contributed by atoms with E-state index < -0.39 is 24.2 Å². The Balaban J connectivity index is 0.000000127. The van der Waals surface area contributed by atoms with Crippen molar-refractivity contribution < 1.29 is 22.5 Å². The first-order valence-corrected chi connectivity index (χ1v) is 43.0. The van der Waals surface area contributed by atoms with Crippen molar-refractivity contribution >= 4 is 72.1 Å². The van der Waals surface area contributed by atoms with E-state index in [2.05, 4.69) is 221 Å². The van der Waals surface area contributed by atoms with E-state index in [0.29, 0.717) is 11.1 Å². The topological polar surface area (TPSA) is 11.6 Å². The Morgan fingerprint density at radius 3 is 1.10 bits per heavy atom. The van der Waals surface area contributed by atoms with Crippen LogP contribution in [0.2, 0.25) is 55.9 Å². The molecule has 3 saturated carbocycles. The van der Waals surface area contributed by atoms with E-state index >= 15 is 4.39 Å². The van der Waals surface area contributed by atoms with Crippen LogP contribution in [0.5, 0.6) is 0 Å². The summed E-state index contributed by atoms with van der Waals surface area (Å²) in [4.78, 5) is 0. The molecule has 0 saturated heterocycles. The van der Waals surface area contributed by atoms with Crippen molar-refractivity contribution in [2.75, 3.05) is 0 Å². The largest absolute Gasteiger partial charge is 0.220 e. The lowest BCUT2D eigenvalue weighted by Crippen LogP contribution is -2.41. The molecule has 9 aromatic carbocycles. The third-order valence-corrected chi connectivity index (χ3v) is 35.1. The van der Waals surface area contributed by atoms with E-state index in [1.165, 1.54) is 98.8 Å². The third kappa shape index (κ3) is 12.5. The lowest BCUT2D eigenvalue weighted by Gasteiger charge is -2.23. The van der Waals surface area contributed by atoms with Gasteiger partial charge in [-0.25, -0.2) is 22.5 Å². The summed E-state index contributed by atoms with van der Waals surface area (Å²) in [6.07, 6.45) is 14.9. The summed E-state index contributed by atoms with van der Waals surface area (Å²) in [6, 6.07) is 71.1. The number of aryl methyl sites for hydroxylation is 5. The average Bonchev–Trinajstić information content (AvgIpc) is 1.78. The van der Waals surface area contributed by atoms with Crippen LogP contribution in [0, 0.1) is 39.3 Å². The first-order valence-electron chi connectivity index (χ1n) is 33.8. The average molecular weight is 1280 g/mol. The number of hydrogen-bond acceptors (Lipinski definition) is 0. The lowest BCUT2D eigenvalue weighted by molar-refractivity contribution is -0.659. The van der Waals surface area contributed by atoms with Gasteiger partial charge >= 0.3 is 0 Å². The molecule has 15 rings (SSSR count). The fourth-order valence-corrected chi connectivity index (χ4v) is 24.3. The van der Waals surface area contributed by atoms with Crippen LogP contribution in [0.3, 0.4) is 0 Å². The van der Waals surface area contributed by atoms with Gasteiger partial charge in [0, 0.05) is 34.9 Å². The number of aromatic nitrogens is 3. The van der Waals surface area contributed by atoms with Crippen LogP contribution in [0.1, 0.15) is 60.8 Å². The third-order valence-electron chi connectivity index (χ3n) is 21.8. The molecule has 0 radical (unpaired) electrons.